The third-order valence-electron chi connectivity index (χ3n) is 2.92. The van der Waals surface area contributed by atoms with Crippen LogP contribution in [0.5, 0.6) is 0 Å². The number of carbonyl (C=O) groups excluding carboxylic acids is 1. The number of unbranched alkanes of at least 4 members (excludes halogenated alkanes) is 2. The van der Waals surface area contributed by atoms with Gasteiger partial charge in [-0.15, -0.1) is 0 Å². The number of nitrogens with one attached hydrogen (secondary N) is 1. The maximum atomic E-state index is 11.5. The Morgan fingerprint density at radius 1 is 1.28 bits per heavy atom. The van der Waals surface area contributed by atoms with E-state index in [1.54, 1.807) is 0 Å². The highest BCUT2D eigenvalue weighted by Gasteiger charge is 2.00. The van der Waals surface area contributed by atoms with Gasteiger partial charge in [0, 0.05) is 13.0 Å². The van der Waals surface area contributed by atoms with Crippen molar-refractivity contribution in [1.82, 2.24) is 5.32 Å². The highest BCUT2D eigenvalue weighted by atomic mass is 16.3. The van der Waals surface area contributed by atoms with E-state index in [4.69, 9.17) is 5.11 Å². The Labute approximate surface area is 109 Å². The number of aliphatic hydroxyl groups excluding tert-OH is 1. The van der Waals surface area contributed by atoms with Crippen molar-refractivity contribution in [2.24, 2.45) is 0 Å². The average molecular weight is 249 g/mol. The summed E-state index contributed by atoms with van der Waals surface area (Å²) >= 11 is 0. The molecule has 0 aliphatic rings. The number of aliphatic hydroxyl groups is 1. The summed E-state index contributed by atoms with van der Waals surface area (Å²) in [6.07, 6.45) is 4.67. The summed E-state index contributed by atoms with van der Waals surface area (Å²) in [5.74, 6) is 0.141. The second kappa shape index (κ2) is 8.70. The van der Waals surface area contributed by atoms with Crippen molar-refractivity contribution in [3.63, 3.8) is 0 Å². The lowest BCUT2D eigenvalue weighted by Gasteiger charge is -2.06. The van der Waals surface area contributed by atoms with Gasteiger partial charge in [0.2, 0.25) is 5.91 Å². The molecule has 18 heavy (non-hydrogen) atoms. The molecule has 0 aliphatic carbocycles. The van der Waals surface area contributed by atoms with Crippen molar-refractivity contribution in [2.75, 3.05) is 6.54 Å². The van der Waals surface area contributed by atoms with E-state index in [-0.39, 0.29) is 12.5 Å². The van der Waals surface area contributed by atoms with Crippen molar-refractivity contribution in [3.05, 3.63) is 35.4 Å². The molecule has 0 atom stereocenters. The molecule has 3 heteroatoms. The number of rotatable bonds is 8. The summed E-state index contributed by atoms with van der Waals surface area (Å²) in [6, 6.07) is 7.82. The molecule has 0 saturated heterocycles. The molecule has 0 fully saturated rings. The average Bonchev–Trinajstić information content (AvgIpc) is 2.39. The summed E-state index contributed by atoms with van der Waals surface area (Å²) in [5, 5.41) is 12.0. The zero-order valence-electron chi connectivity index (χ0n) is 11.1. The molecule has 2 N–H and O–H groups in total. The molecule has 1 amide bonds. The molecule has 0 radical (unpaired) electrons. The van der Waals surface area contributed by atoms with Crippen LogP contribution in [0.2, 0.25) is 0 Å². The summed E-state index contributed by atoms with van der Waals surface area (Å²) < 4.78 is 0. The van der Waals surface area contributed by atoms with Gasteiger partial charge in [-0.2, -0.15) is 0 Å². The predicted octanol–water partition coefficient (Wildman–Crippen LogP) is 2.42. The Kier molecular flexibility index (Phi) is 7.11. The number of amides is 1. The van der Waals surface area contributed by atoms with Gasteiger partial charge in [-0.25, -0.2) is 0 Å². The van der Waals surface area contributed by atoms with Crippen molar-refractivity contribution >= 4 is 5.91 Å². The van der Waals surface area contributed by atoms with Gasteiger partial charge in [0.05, 0.1) is 6.61 Å². The van der Waals surface area contributed by atoms with Gasteiger partial charge >= 0.3 is 0 Å². The van der Waals surface area contributed by atoms with Crippen LogP contribution in [0, 0.1) is 0 Å². The fraction of sp³-hybridized carbons (Fsp3) is 0.533. The lowest BCUT2D eigenvalue weighted by molar-refractivity contribution is -0.121. The quantitative estimate of drug-likeness (QED) is 0.695. The molecule has 100 valence electrons. The fourth-order valence-electron chi connectivity index (χ4n) is 1.85. The first kappa shape index (κ1) is 14.7. The van der Waals surface area contributed by atoms with Gasteiger partial charge < -0.3 is 10.4 Å². The summed E-state index contributed by atoms with van der Waals surface area (Å²) in [5.41, 5.74) is 2.07. The Balaban J connectivity index is 2.22. The van der Waals surface area contributed by atoms with Gasteiger partial charge in [0.15, 0.2) is 0 Å². The van der Waals surface area contributed by atoms with Crippen LogP contribution in [0.3, 0.4) is 0 Å². The van der Waals surface area contributed by atoms with Crippen LogP contribution >= 0.6 is 0 Å². The highest BCUT2D eigenvalue weighted by Crippen LogP contribution is 2.05. The molecular weight excluding hydrogens is 226 g/mol. The van der Waals surface area contributed by atoms with Gasteiger partial charge in [-0.3, -0.25) is 4.79 Å². The van der Waals surface area contributed by atoms with Crippen molar-refractivity contribution < 1.29 is 9.90 Å². The third kappa shape index (κ3) is 5.82. The maximum absolute atomic E-state index is 11.5. The Hall–Kier alpha value is -1.35. The van der Waals surface area contributed by atoms with Crippen LogP contribution in [-0.4, -0.2) is 17.6 Å². The molecule has 3 nitrogen and oxygen atoms in total. The van der Waals surface area contributed by atoms with E-state index >= 15 is 0 Å². The van der Waals surface area contributed by atoms with Crippen LogP contribution < -0.4 is 5.32 Å². The smallest absolute Gasteiger partial charge is 0.220 e. The van der Waals surface area contributed by atoms with Gasteiger partial charge in [0.1, 0.15) is 0 Å². The largest absolute Gasteiger partial charge is 0.392 e. The summed E-state index contributed by atoms with van der Waals surface area (Å²) in [7, 11) is 0. The second-order valence-corrected chi connectivity index (χ2v) is 4.54. The number of benzene rings is 1. The minimum atomic E-state index is 0.0667. The monoisotopic (exact) mass is 249 g/mol. The molecule has 0 saturated carbocycles. The highest BCUT2D eigenvalue weighted by molar-refractivity contribution is 5.75. The van der Waals surface area contributed by atoms with Crippen molar-refractivity contribution in [2.45, 2.75) is 45.6 Å². The van der Waals surface area contributed by atoms with E-state index in [1.807, 2.05) is 24.3 Å². The first-order valence-corrected chi connectivity index (χ1v) is 6.71. The minimum absolute atomic E-state index is 0.0667. The molecule has 0 spiro atoms. The van der Waals surface area contributed by atoms with E-state index in [1.165, 1.54) is 0 Å². The summed E-state index contributed by atoms with van der Waals surface area (Å²) in [4.78, 5) is 11.5. The van der Waals surface area contributed by atoms with Gasteiger partial charge in [-0.05, 0) is 24.0 Å². The zero-order valence-corrected chi connectivity index (χ0v) is 11.1. The number of carbonyl (C=O) groups is 1. The Bertz CT molecular complexity index is 363. The van der Waals surface area contributed by atoms with Gasteiger partial charge in [-0.1, -0.05) is 44.0 Å². The van der Waals surface area contributed by atoms with Crippen LogP contribution in [0.1, 0.15) is 43.7 Å². The standard InChI is InChI=1S/C15H23NO2/c1-2-3-4-8-15(18)16-10-9-13-6-5-7-14(11-13)12-17/h5-7,11,17H,2-4,8-10,12H2,1H3,(H,16,18). The van der Waals surface area contributed by atoms with Crippen LogP contribution in [0.4, 0.5) is 0 Å². The lowest BCUT2D eigenvalue weighted by Crippen LogP contribution is -2.25. The molecule has 0 aliphatic heterocycles. The lowest BCUT2D eigenvalue weighted by atomic mass is 10.1. The van der Waals surface area contributed by atoms with E-state index in [2.05, 4.69) is 12.2 Å². The first-order chi connectivity index (χ1) is 8.76. The zero-order chi connectivity index (χ0) is 13.2. The van der Waals surface area contributed by atoms with Gasteiger partial charge in [0.25, 0.3) is 0 Å². The first-order valence-electron chi connectivity index (χ1n) is 6.71. The maximum Gasteiger partial charge on any atom is 0.220 e. The molecule has 1 aromatic rings. The van der Waals surface area contributed by atoms with Crippen LogP contribution in [0.15, 0.2) is 24.3 Å². The Morgan fingerprint density at radius 3 is 2.78 bits per heavy atom. The molecule has 1 aromatic carbocycles. The minimum Gasteiger partial charge on any atom is -0.392 e. The second-order valence-electron chi connectivity index (χ2n) is 4.54. The van der Waals surface area contributed by atoms with Crippen LogP contribution in [0.25, 0.3) is 0 Å². The number of hydrogen-bond donors (Lipinski definition) is 2. The van der Waals surface area contributed by atoms with E-state index in [0.717, 1.165) is 36.8 Å². The predicted molar refractivity (Wildman–Crippen MR) is 73.2 cm³/mol. The molecule has 0 aromatic heterocycles. The molecule has 0 unspecified atom stereocenters. The van der Waals surface area contributed by atoms with E-state index in [0.29, 0.717) is 13.0 Å². The van der Waals surface area contributed by atoms with Crippen molar-refractivity contribution in [1.29, 1.82) is 0 Å². The van der Waals surface area contributed by atoms with E-state index in [9.17, 15) is 4.79 Å². The topological polar surface area (TPSA) is 49.3 Å². The molecular formula is C15H23NO2. The molecule has 0 heterocycles. The molecule has 0 bridgehead atoms. The summed E-state index contributed by atoms with van der Waals surface area (Å²) in [6.45, 7) is 2.86. The fourth-order valence-corrected chi connectivity index (χ4v) is 1.85. The molecule has 1 rings (SSSR count). The van der Waals surface area contributed by atoms with E-state index < -0.39 is 0 Å². The van der Waals surface area contributed by atoms with Crippen molar-refractivity contribution in [3.8, 4) is 0 Å². The Morgan fingerprint density at radius 2 is 2.06 bits per heavy atom. The third-order valence-corrected chi connectivity index (χ3v) is 2.92. The SMILES string of the molecule is CCCCCC(=O)NCCc1cccc(CO)c1. The van der Waals surface area contributed by atoms with Crippen LogP contribution in [-0.2, 0) is 17.8 Å². The number of hydrogen-bond acceptors (Lipinski definition) is 2. The normalized spacial score (nSPS) is 10.3.